The summed E-state index contributed by atoms with van der Waals surface area (Å²) in [5.74, 6) is -0.131. The molecule has 6 nitrogen and oxygen atoms in total. The number of amides is 2. The zero-order valence-electron chi connectivity index (χ0n) is 14.9. The van der Waals surface area contributed by atoms with E-state index in [4.69, 9.17) is 0 Å². The summed E-state index contributed by atoms with van der Waals surface area (Å²) in [5.41, 5.74) is 3.81. The molecule has 1 heterocycles. The highest BCUT2D eigenvalue weighted by Crippen LogP contribution is 2.19. The first-order valence-electron chi connectivity index (χ1n) is 8.25. The van der Waals surface area contributed by atoms with Gasteiger partial charge in [-0.25, -0.2) is 4.68 Å². The van der Waals surface area contributed by atoms with Crippen LogP contribution in [0.2, 0.25) is 0 Å². The van der Waals surface area contributed by atoms with Crippen molar-refractivity contribution in [2.24, 2.45) is 0 Å². The molecule has 2 amide bonds. The van der Waals surface area contributed by atoms with Crippen molar-refractivity contribution in [1.82, 2.24) is 9.78 Å². The number of aromatic nitrogens is 2. The zero-order valence-corrected chi connectivity index (χ0v) is 14.9. The quantitative estimate of drug-likeness (QED) is 0.755. The largest absolute Gasteiger partial charge is 0.321 e. The normalized spacial score (nSPS) is 10.4. The number of nitrogens with one attached hydrogen (secondary N) is 2. The standard InChI is InChI=1S/C20H20N4O2/c1-13-9-14(2)11-16(10-13)22-20(26)18-12-19(21-15(3)25)24(23-18)17-7-5-4-6-8-17/h4-12H,1-3H3,(H,21,25)(H,22,26). The van der Waals surface area contributed by atoms with Gasteiger partial charge in [-0.05, 0) is 49.2 Å². The maximum atomic E-state index is 12.6. The van der Waals surface area contributed by atoms with E-state index in [0.29, 0.717) is 11.5 Å². The summed E-state index contributed by atoms with van der Waals surface area (Å²) in [6.07, 6.45) is 0. The van der Waals surface area contributed by atoms with Crippen molar-refractivity contribution in [3.8, 4) is 5.69 Å². The molecule has 6 heteroatoms. The SMILES string of the molecule is CC(=O)Nc1cc(C(=O)Nc2cc(C)cc(C)c2)nn1-c1ccccc1. The van der Waals surface area contributed by atoms with Gasteiger partial charge >= 0.3 is 0 Å². The number of hydrogen-bond acceptors (Lipinski definition) is 3. The first kappa shape index (κ1) is 17.4. The fourth-order valence-electron chi connectivity index (χ4n) is 2.77. The van der Waals surface area contributed by atoms with Gasteiger partial charge in [-0.3, -0.25) is 9.59 Å². The Morgan fingerprint density at radius 1 is 0.923 bits per heavy atom. The van der Waals surface area contributed by atoms with Gasteiger partial charge in [-0.15, -0.1) is 0 Å². The Kier molecular flexibility index (Phi) is 4.84. The molecule has 26 heavy (non-hydrogen) atoms. The first-order valence-corrected chi connectivity index (χ1v) is 8.25. The van der Waals surface area contributed by atoms with Gasteiger partial charge in [0.05, 0.1) is 5.69 Å². The van der Waals surface area contributed by atoms with Gasteiger partial charge in [-0.1, -0.05) is 24.3 Å². The van der Waals surface area contributed by atoms with Gasteiger partial charge < -0.3 is 10.6 Å². The number of rotatable bonds is 4. The molecule has 0 unspecified atom stereocenters. The molecule has 132 valence electrons. The van der Waals surface area contributed by atoms with E-state index in [9.17, 15) is 9.59 Å². The number of para-hydroxylation sites is 1. The second-order valence-electron chi connectivity index (χ2n) is 6.17. The number of nitrogens with zero attached hydrogens (tertiary/aromatic N) is 2. The predicted octanol–water partition coefficient (Wildman–Crippen LogP) is 3.70. The number of carbonyl (C=O) groups is 2. The molecule has 1 aromatic heterocycles. The summed E-state index contributed by atoms with van der Waals surface area (Å²) < 4.78 is 1.54. The number of benzene rings is 2. The molecule has 0 saturated heterocycles. The van der Waals surface area contributed by atoms with E-state index in [-0.39, 0.29) is 17.5 Å². The van der Waals surface area contributed by atoms with Crippen molar-refractivity contribution in [3.63, 3.8) is 0 Å². The van der Waals surface area contributed by atoms with Crippen molar-refractivity contribution in [2.45, 2.75) is 20.8 Å². The van der Waals surface area contributed by atoms with Crippen molar-refractivity contribution in [1.29, 1.82) is 0 Å². The average Bonchev–Trinajstić information content (AvgIpc) is 2.98. The van der Waals surface area contributed by atoms with Crippen LogP contribution in [0.1, 0.15) is 28.5 Å². The van der Waals surface area contributed by atoms with Crippen molar-refractivity contribution >= 4 is 23.3 Å². The molecule has 3 aromatic rings. The van der Waals surface area contributed by atoms with Gasteiger partial charge in [-0.2, -0.15) is 5.10 Å². The lowest BCUT2D eigenvalue weighted by Gasteiger charge is -2.07. The number of hydrogen-bond donors (Lipinski definition) is 2. The smallest absolute Gasteiger partial charge is 0.276 e. The van der Waals surface area contributed by atoms with Crippen LogP contribution < -0.4 is 10.6 Å². The van der Waals surface area contributed by atoms with Crippen LogP contribution in [0, 0.1) is 13.8 Å². The fraction of sp³-hybridized carbons (Fsp3) is 0.150. The second kappa shape index (κ2) is 7.23. The number of carbonyl (C=O) groups excluding carboxylic acids is 2. The van der Waals surface area contributed by atoms with Crippen molar-refractivity contribution in [3.05, 3.63) is 71.4 Å². The maximum Gasteiger partial charge on any atom is 0.276 e. The molecule has 2 N–H and O–H groups in total. The molecule has 0 aliphatic heterocycles. The number of anilines is 2. The minimum atomic E-state index is -0.337. The van der Waals surface area contributed by atoms with Crippen LogP contribution in [-0.4, -0.2) is 21.6 Å². The van der Waals surface area contributed by atoms with E-state index >= 15 is 0 Å². The summed E-state index contributed by atoms with van der Waals surface area (Å²) in [4.78, 5) is 24.1. The Labute approximate surface area is 151 Å². The maximum absolute atomic E-state index is 12.6. The summed E-state index contributed by atoms with van der Waals surface area (Å²) in [6.45, 7) is 5.36. The monoisotopic (exact) mass is 348 g/mol. The minimum absolute atomic E-state index is 0.219. The Morgan fingerprint density at radius 2 is 1.58 bits per heavy atom. The first-order chi connectivity index (χ1) is 12.4. The molecule has 0 aliphatic rings. The third kappa shape index (κ3) is 3.97. The summed E-state index contributed by atoms with van der Waals surface area (Å²) in [7, 11) is 0. The average molecular weight is 348 g/mol. The van der Waals surface area contributed by atoms with Crippen molar-refractivity contribution < 1.29 is 9.59 Å². The third-order valence-corrected chi connectivity index (χ3v) is 3.73. The van der Waals surface area contributed by atoms with Crippen LogP contribution in [-0.2, 0) is 4.79 Å². The molecule has 0 fully saturated rings. The highest BCUT2D eigenvalue weighted by molar-refractivity contribution is 6.04. The lowest BCUT2D eigenvalue weighted by atomic mass is 10.1. The summed E-state index contributed by atoms with van der Waals surface area (Å²) in [6, 6.07) is 16.7. The van der Waals surface area contributed by atoms with E-state index in [1.807, 2.05) is 62.4 Å². The molecule has 0 saturated carbocycles. The highest BCUT2D eigenvalue weighted by Gasteiger charge is 2.16. The molecule has 0 radical (unpaired) electrons. The van der Waals surface area contributed by atoms with Gasteiger partial charge in [0, 0.05) is 18.7 Å². The van der Waals surface area contributed by atoms with E-state index in [2.05, 4.69) is 15.7 Å². The third-order valence-electron chi connectivity index (χ3n) is 3.73. The molecule has 2 aromatic carbocycles. The molecular formula is C20H20N4O2. The lowest BCUT2D eigenvalue weighted by molar-refractivity contribution is -0.114. The van der Waals surface area contributed by atoms with Gasteiger partial charge in [0.1, 0.15) is 5.82 Å². The summed E-state index contributed by atoms with van der Waals surface area (Å²) >= 11 is 0. The Bertz CT molecular complexity index is 941. The highest BCUT2D eigenvalue weighted by atomic mass is 16.2. The van der Waals surface area contributed by atoms with Crippen molar-refractivity contribution in [2.75, 3.05) is 10.6 Å². The molecule has 0 bridgehead atoms. The Morgan fingerprint density at radius 3 is 2.19 bits per heavy atom. The molecule has 0 atom stereocenters. The van der Waals surface area contributed by atoms with E-state index < -0.39 is 0 Å². The van der Waals surface area contributed by atoms with Crippen LogP contribution in [0.5, 0.6) is 0 Å². The second-order valence-corrected chi connectivity index (χ2v) is 6.17. The molecular weight excluding hydrogens is 328 g/mol. The summed E-state index contributed by atoms with van der Waals surface area (Å²) in [5, 5.41) is 9.93. The lowest BCUT2D eigenvalue weighted by Crippen LogP contribution is -2.13. The van der Waals surface area contributed by atoms with Crippen LogP contribution in [0.4, 0.5) is 11.5 Å². The molecule has 3 rings (SSSR count). The van der Waals surface area contributed by atoms with E-state index in [1.165, 1.54) is 11.6 Å². The van der Waals surface area contributed by atoms with Gasteiger partial charge in [0.15, 0.2) is 5.69 Å². The number of aryl methyl sites for hydroxylation is 2. The van der Waals surface area contributed by atoms with E-state index in [0.717, 1.165) is 16.8 Å². The fourth-order valence-corrected chi connectivity index (χ4v) is 2.77. The van der Waals surface area contributed by atoms with Crippen LogP contribution in [0.3, 0.4) is 0 Å². The van der Waals surface area contributed by atoms with Crippen LogP contribution in [0.15, 0.2) is 54.6 Å². The van der Waals surface area contributed by atoms with Gasteiger partial charge in [0.25, 0.3) is 5.91 Å². The van der Waals surface area contributed by atoms with Gasteiger partial charge in [0.2, 0.25) is 5.91 Å². The zero-order chi connectivity index (χ0) is 18.7. The van der Waals surface area contributed by atoms with Crippen LogP contribution in [0.25, 0.3) is 5.69 Å². The molecule has 0 spiro atoms. The topological polar surface area (TPSA) is 76.0 Å². The Hall–Kier alpha value is -3.41. The Balaban J connectivity index is 1.93. The van der Waals surface area contributed by atoms with Crippen LogP contribution >= 0.6 is 0 Å². The van der Waals surface area contributed by atoms with E-state index in [1.54, 1.807) is 6.07 Å². The molecule has 0 aliphatic carbocycles. The minimum Gasteiger partial charge on any atom is -0.321 e. The predicted molar refractivity (Wildman–Crippen MR) is 102 cm³/mol.